The summed E-state index contributed by atoms with van der Waals surface area (Å²) in [6.45, 7) is 2.58. The molecule has 0 unspecified atom stereocenters. The van der Waals surface area contributed by atoms with Gasteiger partial charge in [0.1, 0.15) is 11.6 Å². The Morgan fingerprint density at radius 1 is 1.08 bits per heavy atom. The molecule has 0 aliphatic carbocycles. The van der Waals surface area contributed by atoms with Crippen molar-refractivity contribution in [2.75, 3.05) is 45.8 Å². The van der Waals surface area contributed by atoms with E-state index in [0.717, 1.165) is 12.2 Å². The molecule has 0 radical (unpaired) electrons. The van der Waals surface area contributed by atoms with Gasteiger partial charge in [-0.1, -0.05) is 12.1 Å². The zero-order valence-electron chi connectivity index (χ0n) is 14.5. The SMILES string of the molecule is COCCNCCNC(=O)c1cccnc1Nc1ccccc1OC. The van der Waals surface area contributed by atoms with Gasteiger partial charge in [-0.25, -0.2) is 4.98 Å². The number of carbonyl (C=O) groups is 1. The minimum atomic E-state index is -0.181. The average Bonchev–Trinajstić information content (AvgIpc) is 2.65. The maximum absolute atomic E-state index is 12.4. The molecule has 1 amide bonds. The first-order chi connectivity index (χ1) is 12.3. The van der Waals surface area contributed by atoms with Gasteiger partial charge in [0.2, 0.25) is 0 Å². The van der Waals surface area contributed by atoms with Gasteiger partial charge in [-0.2, -0.15) is 0 Å². The highest BCUT2D eigenvalue weighted by Gasteiger charge is 2.13. The van der Waals surface area contributed by atoms with Crippen molar-refractivity contribution in [1.29, 1.82) is 0 Å². The number of carbonyl (C=O) groups excluding carboxylic acids is 1. The molecule has 7 nitrogen and oxygen atoms in total. The van der Waals surface area contributed by atoms with Gasteiger partial charge >= 0.3 is 0 Å². The lowest BCUT2D eigenvalue weighted by molar-refractivity contribution is 0.0954. The van der Waals surface area contributed by atoms with Gasteiger partial charge in [-0.05, 0) is 24.3 Å². The number of nitrogens with zero attached hydrogens (tertiary/aromatic N) is 1. The van der Waals surface area contributed by atoms with Crippen molar-refractivity contribution in [3.8, 4) is 5.75 Å². The van der Waals surface area contributed by atoms with Crippen LogP contribution in [0.3, 0.4) is 0 Å². The van der Waals surface area contributed by atoms with Crippen molar-refractivity contribution in [3.05, 3.63) is 48.2 Å². The summed E-state index contributed by atoms with van der Waals surface area (Å²) < 4.78 is 10.3. The molecule has 0 aliphatic rings. The second-order valence-electron chi connectivity index (χ2n) is 5.22. The number of para-hydroxylation sites is 2. The van der Waals surface area contributed by atoms with Crippen molar-refractivity contribution >= 4 is 17.4 Å². The van der Waals surface area contributed by atoms with Gasteiger partial charge < -0.3 is 25.4 Å². The Kier molecular flexibility index (Phi) is 7.68. The molecule has 1 aromatic heterocycles. The molecule has 1 aromatic carbocycles. The van der Waals surface area contributed by atoms with Crippen LogP contribution in [0.25, 0.3) is 0 Å². The predicted octanol–water partition coefficient (Wildman–Crippen LogP) is 1.80. The van der Waals surface area contributed by atoms with Crippen LogP contribution >= 0.6 is 0 Å². The molecule has 2 aromatic rings. The molecule has 0 aliphatic heterocycles. The predicted molar refractivity (Wildman–Crippen MR) is 97.6 cm³/mol. The van der Waals surface area contributed by atoms with Crippen LogP contribution in [0.2, 0.25) is 0 Å². The molecule has 1 heterocycles. The molecule has 0 bridgehead atoms. The van der Waals surface area contributed by atoms with E-state index >= 15 is 0 Å². The molecule has 0 saturated carbocycles. The van der Waals surface area contributed by atoms with Crippen LogP contribution < -0.4 is 20.7 Å². The van der Waals surface area contributed by atoms with E-state index in [1.54, 1.807) is 32.5 Å². The Morgan fingerprint density at radius 3 is 2.72 bits per heavy atom. The molecule has 134 valence electrons. The minimum Gasteiger partial charge on any atom is -0.495 e. The number of ether oxygens (including phenoxy) is 2. The molecule has 3 N–H and O–H groups in total. The summed E-state index contributed by atoms with van der Waals surface area (Å²) in [6, 6.07) is 11.0. The number of benzene rings is 1. The quantitative estimate of drug-likeness (QED) is 0.570. The highest BCUT2D eigenvalue weighted by atomic mass is 16.5. The molecule has 7 heteroatoms. The monoisotopic (exact) mass is 344 g/mol. The van der Waals surface area contributed by atoms with E-state index < -0.39 is 0 Å². The van der Waals surface area contributed by atoms with Gasteiger partial charge in [0, 0.05) is 32.9 Å². The number of rotatable bonds is 10. The Labute approximate surface area is 147 Å². The highest BCUT2D eigenvalue weighted by molar-refractivity contribution is 5.99. The maximum Gasteiger partial charge on any atom is 0.255 e. The van der Waals surface area contributed by atoms with E-state index in [1.165, 1.54) is 0 Å². The topological polar surface area (TPSA) is 84.5 Å². The van der Waals surface area contributed by atoms with E-state index in [9.17, 15) is 4.79 Å². The van der Waals surface area contributed by atoms with Gasteiger partial charge in [0.15, 0.2) is 0 Å². The fourth-order valence-corrected chi connectivity index (χ4v) is 2.22. The zero-order chi connectivity index (χ0) is 17.9. The van der Waals surface area contributed by atoms with E-state index in [4.69, 9.17) is 9.47 Å². The third kappa shape index (κ3) is 5.74. The lowest BCUT2D eigenvalue weighted by atomic mass is 10.2. The van der Waals surface area contributed by atoms with Crippen molar-refractivity contribution < 1.29 is 14.3 Å². The Morgan fingerprint density at radius 2 is 1.92 bits per heavy atom. The molecular formula is C18H24N4O3. The first-order valence-electron chi connectivity index (χ1n) is 8.09. The van der Waals surface area contributed by atoms with Crippen LogP contribution in [0.15, 0.2) is 42.6 Å². The van der Waals surface area contributed by atoms with Gasteiger partial charge in [0.05, 0.1) is 25.0 Å². The fourth-order valence-electron chi connectivity index (χ4n) is 2.22. The second-order valence-corrected chi connectivity index (χ2v) is 5.22. The maximum atomic E-state index is 12.4. The third-order valence-electron chi connectivity index (χ3n) is 3.48. The smallest absolute Gasteiger partial charge is 0.255 e. The molecule has 0 spiro atoms. The summed E-state index contributed by atoms with van der Waals surface area (Å²) in [5.41, 5.74) is 1.23. The molecule has 0 fully saturated rings. The molecule has 2 rings (SSSR count). The Balaban J connectivity index is 1.98. The summed E-state index contributed by atoms with van der Waals surface area (Å²) in [5, 5.41) is 9.21. The first kappa shape index (κ1) is 18.7. The summed E-state index contributed by atoms with van der Waals surface area (Å²) in [4.78, 5) is 16.7. The van der Waals surface area contributed by atoms with Crippen LogP contribution in [0, 0.1) is 0 Å². The number of amides is 1. The highest BCUT2D eigenvalue weighted by Crippen LogP contribution is 2.27. The van der Waals surface area contributed by atoms with E-state index in [-0.39, 0.29) is 5.91 Å². The molecule has 0 atom stereocenters. The number of hydrogen-bond acceptors (Lipinski definition) is 6. The fraction of sp³-hybridized carbons (Fsp3) is 0.333. The number of pyridine rings is 1. The second kappa shape index (κ2) is 10.3. The van der Waals surface area contributed by atoms with E-state index in [1.807, 2.05) is 24.3 Å². The zero-order valence-corrected chi connectivity index (χ0v) is 14.5. The van der Waals surface area contributed by atoms with Crippen LogP contribution in [0.1, 0.15) is 10.4 Å². The minimum absolute atomic E-state index is 0.181. The van der Waals surface area contributed by atoms with E-state index in [2.05, 4.69) is 20.9 Å². The standard InChI is InChI=1S/C18H24N4O3/c1-24-13-12-19-10-11-21-18(23)14-6-5-9-20-17(14)22-15-7-3-4-8-16(15)25-2/h3-9,19H,10-13H2,1-2H3,(H,20,22)(H,21,23). The Bertz CT molecular complexity index is 679. The third-order valence-corrected chi connectivity index (χ3v) is 3.48. The average molecular weight is 344 g/mol. The molecule has 25 heavy (non-hydrogen) atoms. The summed E-state index contributed by atoms with van der Waals surface area (Å²) in [6.07, 6.45) is 1.64. The molecular weight excluding hydrogens is 320 g/mol. The van der Waals surface area contributed by atoms with Crippen molar-refractivity contribution in [2.45, 2.75) is 0 Å². The molecule has 0 saturated heterocycles. The van der Waals surface area contributed by atoms with Crippen LogP contribution in [0.5, 0.6) is 5.75 Å². The summed E-state index contributed by atoms with van der Waals surface area (Å²) >= 11 is 0. The van der Waals surface area contributed by atoms with Crippen molar-refractivity contribution in [2.24, 2.45) is 0 Å². The van der Waals surface area contributed by atoms with Crippen molar-refractivity contribution in [3.63, 3.8) is 0 Å². The van der Waals surface area contributed by atoms with Gasteiger partial charge in [-0.3, -0.25) is 4.79 Å². The lowest BCUT2D eigenvalue weighted by Crippen LogP contribution is -2.33. The van der Waals surface area contributed by atoms with Crippen molar-refractivity contribution in [1.82, 2.24) is 15.6 Å². The van der Waals surface area contributed by atoms with Crippen LogP contribution in [-0.4, -0.2) is 51.4 Å². The number of nitrogens with one attached hydrogen (secondary N) is 3. The van der Waals surface area contributed by atoms with Crippen LogP contribution in [-0.2, 0) is 4.74 Å². The lowest BCUT2D eigenvalue weighted by Gasteiger charge is -2.13. The number of aromatic nitrogens is 1. The summed E-state index contributed by atoms with van der Waals surface area (Å²) in [5.74, 6) is 0.984. The largest absolute Gasteiger partial charge is 0.495 e. The number of anilines is 2. The van der Waals surface area contributed by atoms with E-state index in [0.29, 0.717) is 36.8 Å². The Hall–Kier alpha value is -2.64. The normalized spacial score (nSPS) is 10.3. The number of hydrogen-bond donors (Lipinski definition) is 3. The number of methoxy groups -OCH3 is 2. The summed E-state index contributed by atoms with van der Waals surface area (Å²) in [7, 11) is 3.26. The van der Waals surface area contributed by atoms with Gasteiger partial charge in [0.25, 0.3) is 5.91 Å². The van der Waals surface area contributed by atoms with Gasteiger partial charge in [-0.15, -0.1) is 0 Å². The first-order valence-corrected chi connectivity index (χ1v) is 8.09. The van der Waals surface area contributed by atoms with Crippen LogP contribution in [0.4, 0.5) is 11.5 Å².